The number of aliphatic carboxylic acids is 1. The van der Waals surface area contributed by atoms with E-state index in [0.29, 0.717) is 12.5 Å². The van der Waals surface area contributed by atoms with Crippen LogP contribution in [0.15, 0.2) is 0 Å². The summed E-state index contributed by atoms with van der Waals surface area (Å²) in [7, 11) is 1.96. The van der Waals surface area contributed by atoms with Gasteiger partial charge >= 0.3 is 11.9 Å². The number of carbonyl (C=O) groups excluding carboxylic acids is 1. The van der Waals surface area contributed by atoms with Crippen LogP contribution in [-0.4, -0.2) is 52.5 Å². The monoisotopic (exact) mass is 305 g/mol. The fourth-order valence-electron chi connectivity index (χ4n) is 3.07. The molecule has 4 atom stereocenters. The van der Waals surface area contributed by atoms with E-state index in [1.807, 2.05) is 7.05 Å². The summed E-state index contributed by atoms with van der Waals surface area (Å²) < 4.78 is 5.25. The third-order valence-corrected chi connectivity index (χ3v) is 4.35. The largest absolute Gasteiger partial charge is 0.481 e. The van der Waals surface area contributed by atoms with E-state index in [4.69, 9.17) is 4.74 Å². The second-order valence-corrected chi connectivity index (χ2v) is 5.29. The van der Waals surface area contributed by atoms with Crippen LogP contribution in [0.2, 0.25) is 0 Å². The molecule has 1 N–H and O–H groups in total. The number of rotatable bonds is 3. The molecule has 2 fully saturated rings. The lowest BCUT2D eigenvalue weighted by molar-refractivity contribution is -0.164. The summed E-state index contributed by atoms with van der Waals surface area (Å²) in [6, 6.07) is 0.350. The van der Waals surface area contributed by atoms with Crippen molar-refractivity contribution >= 4 is 27.9 Å². The molecule has 96 valence electrons. The number of fused-ring (bicyclic) bond motifs is 2. The Bertz CT molecular complexity index is 335. The molecule has 0 aromatic rings. The number of carboxylic acid groups (broad SMARTS) is 1. The van der Waals surface area contributed by atoms with Crippen LogP contribution in [0.5, 0.6) is 0 Å². The normalized spacial score (nSPS) is 36.8. The molecule has 2 saturated heterocycles. The number of carboxylic acids is 1. The number of esters is 1. The maximum absolute atomic E-state index is 11.3. The third kappa shape index (κ3) is 2.33. The van der Waals surface area contributed by atoms with Gasteiger partial charge in [0, 0.05) is 18.5 Å². The van der Waals surface area contributed by atoms with E-state index in [-0.39, 0.29) is 17.3 Å². The highest BCUT2D eigenvalue weighted by Crippen LogP contribution is 2.39. The zero-order valence-corrected chi connectivity index (χ0v) is 11.2. The van der Waals surface area contributed by atoms with Crippen LogP contribution in [0, 0.1) is 5.92 Å². The molecule has 0 radical (unpaired) electrons. The second-order valence-electron chi connectivity index (χ2n) is 4.73. The van der Waals surface area contributed by atoms with Crippen LogP contribution in [-0.2, 0) is 14.3 Å². The molecule has 0 amide bonds. The molecule has 0 aromatic carbocycles. The first-order chi connectivity index (χ1) is 8.04. The Hall–Kier alpha value is -0.620. The highest BCUT2D eigenvalue weighted by molar-refractivity contribution is 9.09. The number of hydrogen-bond acceptors (Lipinski definition) is 4. The molecule has 0 saturated carbocycles. The first kappa shape index (κ1) is 12.8. The van der Waals surface area contributed by atoms with E-state index in [0.717, 1.165) is 12.8 Å². The molecule has 5 nitrogen and oxygen atoms in total. The summed E-state index contributed by atoms with van der Waals surface area (Å²) in [6.07, 6.45) is 2.02. The Balaban J connectivity index is 2.15. The van der Waals surface area contributed by atoms with E-state index in [9.17, 15) is 14.7 Å². The minimum absolute atomic E-state index is 0.000578. The molecule has 2 aliphatic rings. The van der Waals surface area contributed by atoms with Gasteiger partial charge < -0.3 is 9.84 Å². The van der Waals surface area contributed by atoms with Crippen LogP contribution in [0.25, 0.3) is 0 Å². The Morgan fingerprint density at radius 2 is 2.18 bits per heavy atom. The van der Waals surface area contributed by atoms with Crippen molar-refractivity contribution in [3.8, 4) is 0 Å². The summed E-state index contributed by atoms with van der Waals surface area (Å²) in [6.45, 7) is 0. The van der Waals surface area contributed by atoms with E-state index in [2.05, 4.69) is 20.8 Å². The highest BCUT2D eigenvalue weighted by Gasteiger charge is 2.50. The molecule has 0 aliphatic carbocycles. The van der Waals surface area contributed by atoms with Crippen molar-refractivity contribution in [1.82, 2.24) is 4.90 Å². The van der Waals surface area contributed by atoms with Crippen molar-refractivity contribution in [2.75, 3.05) is 12.4 Å². The predicted molar refractivity (Wildman–Crippen MR) is 64.0 cm³/mol. The van der Waals surface area contributed by atoms with Crippen LogP contribution in [0.1, 0.15) is 19.3 Å². The lowest BCUT2D eigenvalue weighted by atomic mass is 9.87. The van der Waals surface area contributed by atoms with E-state index in [1.165, 1.54) is 0 Å². The molecular formula is C11H16BrNO4. The van der Waals surface area contributed by atoms with Crippen LogP contribution in [0.4, 0.5) is 0 Å². The van der Waals surface area contributed by atoms with Gasteiger partial charge in [0.15, 0.2) is 0 Å². The number of piperidine rings is 1. The quantitative estimate of drug-likeness (QED) is 0.619. The standard InChI is InChI=1S/C11H16BrNO4/c1-13-6-2-3-7(13)10(11(15)16)8(4-6)17-9(14)5-12/h6-8,10H,2-5H2,1H3,(H,15,16). The zero-order valence-electron chi connectivity index (χ0n) is 9.63. The van der Waals surface area contributed by atoms with Gasteiger partial charge in [-0.2, -0.15) is 0 Å². The van der Waals surface area contributed by atoms with E-state index >= 15 is 0 Å². The average Bonchev–Trinajstić information content (AvgIpc) is 2.52. The Morgan fingerprint density at radius 1 is 1.47 bits per heavy atom. The maximum Gasteiger partial charge on any atom is 0.316 e. The van der Waals surface area contributed by atoms with Crippen LogP contribution in [0.3, 0.4) is 0 Å². The van der Waals surface area contributed by atoms with Crippen molar-refractivity contribution in [2.45, 2.75) is 37.5 Å². The lowest BCUT2D eigenvalue weighted by Crippen LogP contribution is -2.53. The zero-order chi connectivity index (χ0) is 12.6. The summed E-state index contributed by atoms with van der Waals surface area (Å²) in [5.74, 6) is -1.85. The van der Waals surface area contributed by atoms with Crippen molar-refractivity contribution in [2.24, 2.45) is 5.92 Å². The SMILES string of the molecule is CN1C2CCC1C(C(=O)O)C(OC(=O)CBr)C2. The fraction of sp³-hybridized carbons (Fsp3) is 0.818. The van der Waals surface area contributed by atoms with Crippen molar-refractivity contribution in [3.05, 3.63) is 0 Å². The van der Waals surface area contributed by atoms with Crippen molar-refractivity contribution in [3.63, 3.8) is 0 Å². The summed E-state index contributed by atoms with van der Waals surface area (Å²) in [5, 5.41) is 9.41. The lowest BCUT2D eigenvalue weighted by Gasteiger charge is -2.40. The smallest absolute Gasteiger partial charge is 0.316 e. The summed E-state index contributed by atoms with van der Waals surface area (Å²) in [4.78, 5) is 24.7. The van der Waals surface area contributed by atoms with Gasteiger partial charge in [-0.05, 0) is 19.9 Å². The Morgan fingerprint density at radius 3 is 2.76 bits per heavy atom. The number of halogens is 1. The number of nitrogens with zero attached hydrogens (tertiary/aromatic N) is 1. The molecule has 0 spiro atoms. The van der Waals surface area contributed by atoms with Gasteiger partial charge in [-0.3, -0.25) is 14.5 Å². The van der Waals surface area contributed by atoms with Gasteiger partial charge in [0.05, 0.1) is 0 Å². The van der Waals surface area contributed by atoms with Gasteiger partial charge in [0.2, 0.25) is 0 Å². The first-order valence-corrected chi connectivity index (χ1v) is 6.87. The van der Waals surface area contributed by atoms with Gasteiger partial charge in [0.25, 0.3) is 0 Å². The highest BCUT2D eigenvalue weighted by atomic mass is 79.9. The molecule has 0 aromatic heterocycles. The van der Waals surface area contributed by atoms with Crippen LogP contribution >= 0.6 is 15.9 Å². The van der Waals surface area contributed by atoms with E-state index in [1.54, 1.807) is 0 Å². The first-order valence-electron chi connectivity index (χ1n) is 5.74. The van der Waals surface area contributed by atoms with Gasteiger partial charge in [0.1, 0.15) is 17.4 Å². The Labute approximate surface area is 108 Å². The summed E-state index contributed by atoms with van der Waals surface area (Å²) >= 11 is 3.02. The Kier molecular flexibility index (Phi) is 3.73. The van der Waals surface area contributed by atoms with Gasteiger partial charge in [-0.15, -0.1) is 0 Å². The molecule has 2 bridgehead atoms. The van der Waals surface area contributed by atoms with Crippen molar-refractivity contribution in [1.29, 1.82) is 0 Å². The second kappa shape index (κ2) is 4.94. The third-order valence-electron chi connectivity index (χ3n) is 3.89. The average molecular weight is 306 g/mol. The molecule has 6 heteroatoms. The van der Waals surface area contributed by atoms with Crippen molar-refractivity contribution < 1.29 is 19.4 Å². The molecule has 2 aliphatic heterocycles. The topological polar surface area (TPSA) is 66.8 Å². The minimum Gasteiger partial charge on any atom is -0.481 e. The maximum atomic E-state index is 11.3. The number of ether oxygens (including phenoxy) is 1. The number of carbonyl (C=O) groups is 2. The number of hydrogen-bond donors (Lipinski definition) is 1. The van der Waals surface area contributed by atoms with Crippen LogP contribution < -0.4 is 0 Å². The van der Waals surface area contributed by atoms with Gasteiger partial charge in [-0.25, -0.2) is 0 Å². The molecule has 2 rings (SSSR count). The summed E-state index contributed by atoms with van der Waals surface area (Å²) in [5.41, 5.74) is 0. The van der Waals surface area contributed by atoms with Gasteiger partial charge in [-0.1, -0.05) is 15.9 Å². The number of alkyl halides is 1. The molecular weight excluding hydrogens is 290 g/mol. The fourth-order valence-corrected chi connectivity index (χ4v) is 3.20. The van der Waals surface area contributed by atoms with E-state index < -0.39 is 18.0 Å². The molecule has 17 heavy (non-hydrogen) atoms. The molecule has 2 heterocycles. The molecule has 4 unspecified atom stereocenters. The predicted octanol–water partition coefficient (Wildman–Crippen LogP) is 0.860. The minimum atomic E-state index is -0.866.